The van der Waals surface area contributed by atoms with Gasteiger partial charge in [0.1, 0.15) is 0 Å². The Balaban J connectivity index is 4.17. The van der Waals surface area contributed by atoms with Crippen LogP contribution >= 0.6 is 0 Å². The van der Waals surface area contributed by atoms with Crippen molar-refractivity contribution in [3.05, 3.63) is 0 Å². The number of carbonyl (C=O) groups excluding carboxylic acids is 1. The van der Waals surface area contributed by atoms with Gasteiger partial charge in [-0.25, -0.2) is 13.1 Å². The minimum Gasteiger partial charge on any atom is -0.469 e. The van der Waals surface area contributed by atoms with Crippen molar-refractivity contribution in [1.82, 2.24) is 4.72 Å². The number of nitrogens with one attached hydrogen (secondary N) is 1. The molecule has 0 aromatic heterocycles. The van der Waals surface area contributed by atoms with Crippen molar-refractivity contribution in [2.75, 3.05) is 19.5 Å². The average Bonchev–Trinajstić information content (AvgIpc) is 2.25. The van der Waals surface area contributed by atoms with E-state index in [1.165, 1.54) is 7.11 Å². The normalized spacial score (nSPS) is 13.4. The first kappa shape index (κ1) is 15.3. The molecule has 2 N–H and O–H groups in total. The number of aliphatic hydroxyl groups is 1. The number of rotatable bonds is 8. The molecular formula is C9H19NO5S. The van der Waals surface area contributed by atoms with Crippen LogP contribution < -0.4 is 4.72 Å². The van der Waals surface area contributed by atoms with Gasteiger partial charge in [-0.15, -0.1) is 0 Å². The van der Waals surface area contributed by atoms with E-state index in [1.807, 2.05) is 6.92 Å². The van der Waals surface area contributed by atoms with Crippen LogP contribution in [0.15, 0.2) is 0 Å². The first-order valence-corrected chi connectivity index (χ1v) is 6.78. The van der Waals surface area contributed by atoms with Gasteiger partial charge >= 0.3 is 5.97 Å². The lowest BCUT2D eigenvalue weighted by Gasteiger charge is -2.15. The summed E-state index contributed by atoms with van der Waals surface area (Å²) in [5.41, 5.74) is 0. The summed E-state index contributed by atoms with van der Waals surface area (Å²) in [6, 6.07) is -0.285. The highest BCUT2D eigenvalue weighted by Crippen LogP contribution is 2.01. The molecule has 0 aliphatic heterocycles. The maximum atomic E-state index is 11.5. The van der Waals surface area contributed by atoms with E-state index in [4.69, 9.17) is 5.11 Å². The molecule has 0 saturated carbocycles. The zero-order valence-corrected chi connectivity index (χ0v) is 10.4. The molecule has 1 atom stereocenters. The molecule has 0 aromatic carbocycles. The second kappa shape index (κ2) is 7.59. The van der Waals surface area contributed by atoms with Crippen molar-refractivity contribution in [2.24, 2.45) is 0 Å². The molecule has 16 heavy (non-hydrogen) atoms. The minimum atomic E-state index is -3.48. The molecule has 0 aromatic rings. The summed E-state index contributed by atoms with van der Waals surface area (Å²) in [6.07, 6.45) is 0.799. The summed E-state index contributed by atoms with van der Waals surface area (Å²) in [6.45, 7) is 1.75. The summed E-state index contributed by atoms with van der Waals surface area (Å²) in [7, 11) is -2.27. The lowest BCUT2D eigenvalue weighted by molar-refractivity contribution is -0.140. The summed E-state index contributed by atoms with van der Waals surface area (Å²) < 4.78 is 29.8. The zero-order chi connectivity index (χ0) is 12.6. The Morgan fingerprint density at radius 1 is 1.50 bits per heavy atom. The van der Waals surface area contributed by atoms with Crippen molar-refractivity contribution in [3.63, 3.8) is 0 Å². The highest BCUT2D eigenvalue weighted by molar-refractivity contribution is 7.89. The molecule has 0 aliphatic carbocycles. The van der Waals surface area contributed by atoms with Crippen molar-refractivity contribution in [3.8, 4) is 0 Å². The third kappa shape index (κ3) is 6.76. The molecule has 0 radical (unpaired) electrons. The summed E-state index contributed by atoms with van der Waals surface area (Å²) in [5, 5.41) is 8.71. The van der Waals surface area contributed by atoms with E-state index < -0.39 is 16.0 Å². The van der Waals surface area contributed by atoms with Crippen LogP contribution in [0.5, 0.6) is 0 Å². The maximum Gasteiger partial charge on any atom is 0.306 e. The summed E-state index contributed by atoms with van der Waals surface area (Å²) >= 11 is 0. The summed E-state index contributed by atoms with van der Waals surface area (Å²) in [5.74, 6) is -0.845. The average molecular weight is 253 g/mol. The van der Waals surface area contributed by atoms with E-state index in [9.17, 15) is 13.2 Å². The smallest absolute Gasteiger partial charge is 0.306 e. The van der Waals surface area contributed by atoms with Gasteiger partial charge in [0.15, 0.2) is 0 Å². The Morgan fingerprint density at radius 2 is 2.12 bits per heavy atom. The van der Waals surface area contributed by atoms with Gasteiger partial charge in [0.25, 0.3) is 0 Å². The number of carbonyl (C=O) groups is 1. The van der Waals surface area contributed by atoms with Gasteiger partial charge < -0.3 is 9.84 Å². The van der Waals surface area contributed by atoms with Crippen molar-refractivity contribution < 1.29 is 23.1 Å². The van der Waals surface area contributed by atoms with E-state index in [1.54, 1.807) is 0 Å². The van der Waals surface area contributed by atoms with Crippen molar-refractivity contribution >= 4 is 16.0 Å². The number of hydrogen-bond donors (Lipinski definition) is 2. The van der Waals surface area contributed by atoms with E-state index in [0.29, 0.717) is 12.8 Å². The van der Waals surface area contributed by atoms with Crippen LogP contribution in [0.4, 0.5) is 0 Å². The number of aliphatic hydroxyl groups excluding tert-OH is 1. The van der Waals surface area contributed by atoms with Crippen LogP contribution in [-0.4, -0.2) is 45.0 Å². The van der Waals surface area contributed by atoms with Gasteiger partial charge in [-0.2, -0.15) is 0 Å². The molecule has 0 heterocycles. The number of hydrogen-bond acceptors (Lipinski definition) is 5. The molecule has 0 spiro atoms. The van der Waals surface area contributed by atoms with Gasteiger partial charge in [0.2, 0.25) is 10.0 Å². The predicted molar refractivity (Wildman–Crippen MR) is 59.3 cm³/mol. The molecular weight excluding hydrogens is 234 g/mol. The fourth-order valence-corrected chi connectivity index (χ4v) is 2.48. The third-order valence-electron chi connectivity index (χ3n) is 2.12. The number of sulfonamides is 1. The Kier molecular flexibility index (Phi) is 7.27. The molecule has 0 bridgehead atoms. The second-order valence-electron chi connectivity index (χ2n) is 3.38. The Hall–Kier alpha value is -0.660. The van der Waals surface area contributed by atoms with E-state index in [0.717, 1.165) is 0 Å². The Bertz CT molecular complexity index is 301. The van der Waals surface area contributed by atoms with Gasteiger partial charge in [-0.1, -0.05) is 6.92 Å². The third-order valence-corrected chi connectivity index (χ3v) is 3.55. The topological polar surface area (TPSA) is 92.7 Å². The quantitative estimate of drug-likeness (QED) is 0.576. The maximum absolute atomic E-state index is 11.5. The van der Waals surface area contributed by atoms with Crippen molar-refractivity contribution in [2.45, 2.75) is 32.2 Å². The van der Waals surface area contributed by atoms with Crippen LogP contribution in [0.2, 0.25) is 0 Å². The first-order valence-electron chi connectivity index (χ1n) is 5.12. The van der Waals surface area contributed by atoms with Gasteiger partial charge in [-0.3, -0.25) is 4.79 Å². The lowest BCUT2D eigenvalue weighted by Crippen LogP contribution is -2.37. The fraction of sp³-hybridized carbons (Fsp3) is 0.889. The molecule has 7 heteroatoms. The van der Waals surface area contributed by atoms with E-state index >= 15 is 0 Å². The number of methoxy groups -OCH3 is 1. The highest BCUT2D eigenvalue weighted by atomic mass is 32.2. The zero-order valence-electron chi connectivity index (χ0n) is 9.60. The van der Waals surface area contributed by atoms with Gasteiger partial charge in [-0.05, 0) is 12.8 Å². The highest BCUT2D eigenvalue weighted by Gasteiger charge is 2.17. The Labute approximate surface area is 96.0 Å². The molecule has 96 valence electrons. The standard InChI is InChI=1S/C9H19NO5S/c1-3-8(4-6-11)10-16(13,14)7-5-9(12)15-2/h8,10-11H,3-7H2,1-2H3. The summed E-state index contributed by atoms with van der Waals surface area (Å²) in [4.78, 5) is 10.8. The molecule has 0 aliphatic rings. The van der Waals surface area contributed by atoms with E-state index in [2.05, 4.69) is 9.46 Å². The number of esters is 1. The minimum absolute atomic E-state index is 0.0714. The SMILES string of the molecule is CCC(CCO)NS(=O)(=O)CCC(=O)OC. The van der Waals surface area contributed by atoms with Crippen LogP contribution in [0.3, 0.4) is 0 Å². The molecule has 0 amide bonds. The largest absolute Gasteiger partial charge is 0.469 e. The Morgan fingerprint density at radius 3 is 2.56 bits per heavy atom. The number of ether oxygens (including phenoxy) is 1. The molecule has 0 rings (SSSR count). The molecule has 0 fully saturated rings. The second-order valence-corrected chi connectivity index (χ2v) is 5.25. The van der Waals surface area contributed by atoms with Crippen LogP contribution in [0.25, 0.3) is 0 Å². The van der Waals surface area contributed by atoms with Crippen LogP contribution in [-0.2, 0) is 19.6 Å². The molecule has 0 saturated heterocycles. The van der Waals surface area contributed by atoms with Gasteiger partial charge in [0.05, 0.1) is 19.3 Å². The monoisotopic (exact) mass is 253 g/mol. The van der Waals surface area contributed by atoms with Crippen LogP contribution in [0.1, 0.15) is 26.2 Å². The van der Waals surface area contributed by atoms with Crippen molar-refractivity contribution in [1.29, 1.82) is 0 Å². The predicted octanol–water partition coefficient (Wildman–Crippen LogP) is -0.370. The van der Waals surface area contributed by atoms with E-state index in [-0.39, 0.29) is 24.8 Å². The first-order chi connectivity index (χ1) is 7.45. The van der Waals surface area contributed by atoms with Gasteiger partial charge in [0, 0.05) is 12.6 Å². The molecule has 6 nitrogen and oxygen atoms in total. The van der Waals surface area contributed by atoms with Crippen LogP contribution in [0, 0.1) is 0 Å². The lowest BCUT2D eigenvalue weighted by atomic mass is 10.2. The molecule has 1 unspecified atom stereocenters. The fourth-order valence-electron chi connectivity index (χ4n) is 1.13.